The Balaban J connectivity index is 0.900. The lowest BCUT2D eigenvalue weighted by Crippen LogP contribution is -2.61. The maximum atomic E-state index is 2.74. The van der Waals surface area contributed by atoms with Crippen molar-refractivity contribution >= 4 is 144 Å². The Kier molecular flexibility index (Phi) is 15.0. The van der Waals surface area contributed by atoms with E-state index in [0.717, 1.165) is 134 Å². The quantitative estimate of drug-likeness (QED) is 0.127. The van der Waals surface area contributed by atoms with Gasteiger partial charge in [0.05, 0.1) is 33.4 Å². The van der Waals surface area contributed by atoms with E-state index in [1.54, 1.807) is 0 Å². The Hall–Kier alpha value is -14.5. The number of hydrogen-bond donors (Lipinski definition) is 0. The predicted molar refractivity (Wildman–Crippen MR) is 490 cm³/mol. The molecule has 23 rings (SSSR count). The van der Waals surface area contributed by atoms with Crippen LogP contribution in [-0.2, 0) is 5.41 Å². The maximum Gasteiger partial charge on any atom is 0.252 e. The number of aromatic nitrogens is 2. The average Bonchev–Trinajstić information content (AvgIpc) is 1.56. The summed E-state index contributed by atoms with van der Waals surface area (Å²) in [6.45, 7) is 6.91. The monoisotopic (exact) mass is 1460 g/mol. The van der Waals surface area contributed by atoms with Gasteiger partial charge in [0.1, 0.15) is 0 Å². The van der Waals surface area contributed by atoms with Crippen LogP contribution in [0.5, 0.6) is 0 Å². The molecule has 19 aromatic carbocycles. The van der Waals surface area contributed by atoms with Gasteiger partial charge in [0.25, 0.3) is 6.71 Å². The van der Waals surface area contributed by atoms with E-state index in [-0.39, 0.29) is 12.1 Å². The van der Waals surface area contributed by atoms with E-state index in [0.29, 0.717) is 0 Å². The van der Waals surface area contributed by atoms with Crippen LogP contribution in [0.3, 0.4) is 0 Å². The third-order valence-electron chi connectivity index (χ3n) is 24.7. The molecule has 0 N–H and O–H groups in total. The first kappa shape index (κ1) is 66.3. The largest absolute Gasteiger partial charge is 0.310 e. The summed E-state index contributed by atoms with van der Waals surface area (Å²) in [4.78, 5) is 5.47. The molecule has 0 aliphatic carbocycles. The van der Waals surface area contributed by atoms with Crippen molar-refractivity contribution in [3.05, 3.63) is 406 Å². The van der Waals surface area contributed by atoms with Crippen molar-refractivity contribution in [3.8, 4) is 78.1 Å². The topological polar surface area (TPSA) is 16.3 Å². The van der Waals surface area contributed by atoms with Gasteiger partial charge in [0.2, 0.25) is 0 Å². The Morgan fingerprint density at radius 3 is 0.887 bits per heavy atom. The van der Waals surface area contributed by atoms with Gasteiger partial charge >= 0.3 is 0 Å². The van der Waals surface area contributed by atoms with Crippen LogP contribution in [0.4, 0.5) is 34.1 Å². The highest BCUT2D eigenvalue weighted by atomic mass is 15.2. The molecule has 0 bridgehead atoms. The molecule has 5 heteroatoms. The van der Waals surface area contributed by atoms with E-state index in [1.807, 2.05) is 0 Å². The molecular weight excluding hydrogens is 1390 g/mol. The number of rotatable bonds is 10. The highest BCUT2D eigenvalue weighted by molar-refractivity contribution is 7.00. The van der Waals surface area contributed by atoms with Gasteiger partial charge in [0, 0.05) is 77.9 Å². The Morgan fingerprint density at radius 2 is 0.539 bits per heavy atom. The molecule has 4 nitrogen and oxygen atoms in total. The van der Waals surface area contributed by atoms with Crippen molar-refractivity contribution in [3.63, 3.8) is 0 Å². The predicted octanol–water partition coefficient (Wildman–Crippen LogP) is 27.9. The summed E-state index contributed by atoms with van der Waals surface area (Å²) in [5.74, 6) is 0. The number of fused-ring (bicyclic) bond motifs is 16. The van der Waals surface area contributed by atoms with Gasteiger partial charge in [-0.15, -0.1) is 0 Å². The molecule has 2 aromatic heterocycles. The molecule has 0 spiro atoms. The van der Waals surface area contributed by atoms with E-state index < -0.39 is 0 Å². The zero-order valence-corrected chi connectivity index (χ0v) is 64.0. The number of nitrogens with zero attached hydrogens (tertiary/aromatic N) is 4. The van der Waals surface area contributed by atoms with Gasteiger partial charge in [-0.25, -0.2) is 0 Å². The first-order valence-corrected chi connectivity index (χ1v) is 40.1. The molecule has 4 heterocycles. The molecule has 0 fully saturated rings. The molecule has 2 aliphatic rings. The first-order chi connectivity index (χ1) is 56.7. The minimum absolute atomic E-state index is 0.301. The van der Waals surface area contributed by atoms with Crippen molar-refractivity contribution in [1.82, 2.24) is 9.13 Å². The highest BCUT2D eigenvalue weighted by Gasteiger charge is 2.47. The number of anilines is 6. The zero-order valence-electron chi connectivity index (χ0n) is 64.0. The van der Waals surface area contributed by atoms with Crippen LogP contribution in [0.15, 0.2) is 400 Å². The van der Waals surface area contributed by atoms with Crippen molar-refractivity contribution in [2.75, 3.05) is 9.80 Å². The third kappa shape index (κ3) is 10.5. The summed E-state index contributed by atoms with van der Waals surface area (Å²) in [6, 6.07) is 152. The van der Waals surface area contributed by atoms with Crippen LogP contribution in [0, 0.1) is 0 Å². The lowest BCUT2D eigenvalue weighted by molar-refractivity contribution is 0.590. The third-order valence-corrected chi connectivity index (χ3v) is 24.7. The maximum absolute atomic E-state index is 2.74. The lowest BCUT2D eigenvalue weighted by atomic mass is 9.33. The molecule has 0 atom stereocenters. The molecule has 115 heavy (non-hydrogen) atoms. The van der Waals surface area contributed by atoms with Gasteiger partial charge in [-0.3, -0.25) is 0 Å². The molecule has 0 unspecified atom stereocenters. The average molecular weight is 1460 g/mol. The zero-order chi connectivity index (χ0) is 76.1. The molecule has 0 amide bonds. The van der Waals surface area contributed by atoms with Crippen molar-refractivity contribution in [2.45, 2.75) is 26.2 Å². The highest BCUT2D eigenvalue weighted by Crippen LogP contribution is 2.56. The van der Waals surface area contributed by atoms with Gasteiger partial charge in [-0.05, 0) is 212 Å². The molecule has 0 saturated carbocycles. The van der Waals surface area contributed by atoms with E-state index >= 15 is 0 Å². The standard InChI is InChI=1S/C110H75BN4/c1-110(2,3)84-66-103-107-104(67-84)115(109-91(74-38-18-8-19-39-74)62-83(71-32-12-5-13-33-71)63-92(109)75-40-20-9-21-41-75)102-69-86(113-98-57-51-77-43-27-29-49-88(77)106(98)94-59-79-45-23-25-47-81(79)65-100(94)113)53-55-96(102)111(107)95-54-52-85(112-97-56-50-76-42-26-28-48-87(76)105(97)93-58-78-44-22-24-46-80(78)64-99(93)112)68-101(95)114(103)108-89(72-34-14-6-15-35-72)60-82(70-30-10-4-11-31-70)61-90(108)73-36-16-7-17-37-73/h4-69H,1-3H3. The first-order valence-electron chi connectivity index (χ1n) is 40.1. The fourth-order valence-electron chi connectivity index (χ4n) is 19.4. The Labute approximate surface area is 668 Å². The summed E-state index contributed by atoms with van der Waals surface area (Å²) in [5.41, 5.74) is 31.5. The molecule has 538 valence electrons. The van der Waals surface area contributed by atoms with Crippen LogP contribution in [0.1, 0.15) is 26.3 Å². The second-order valence-corrected chi connectivity index (χ2v) is 32.3. The van der Waals surface area contributed by atoms with E-state index in [4.69, 9.17) is 0 Å². The molecule has 2 aliphatic heterocycles. The minimum Gasteiger partial charge on any atom is -0.310 e. The van der Waals surface area contributed by atoms with Crippen molar-refractivity contribution in [2.24, 2.45) is 0 Å². The Bertz CT molecular complexity index is 6990. The van der Waals surface area contributed by atoms with Crippen LogP contribution in [0.25, 0.3) is 165 Å². The minimum atomic E-state index is -0.380. The number of hydrogen-bond acceptors (Lipinski definition) is 2. The molecule has 0 saturated heterocycles. The fourth-order valence-corrected chi connectivity index (χ4v) is 19.4. The van der Waals surface area contributed by atoms with Gasteiger partial charge in [0.15, 0.2) is 0 Å². The van der Waals surface area contributed by atoms with Gasteiger partial charge in [-0.1, -0.05) is 324 Å². The van der Waals surface area contributed by atoms with Crippen LogP contribution >= 0.6 is 0 Å². The molecule has 0 radical (unpaired) electrons. The van der Waals surface area contributed by atoms with Gasteiger partial charge < -0.3 is 18.9 Å². The molecular formula is C110H75BN4. The second kappa shape index (κ2) is 26.0. The normalized spacial score (nSPS) is 12.6. The lowest BCUT2D eigenvalue weighted by Gasteiger charge is -2.46. The molecule has 21 aromatic rings. The fraction of sp³-hybridized carbons (Fsp3) is 0.0364. The summed E-state index contributed by atoms with van der Waals surface area (Å²) in [6.07, 6.45) is 0. The second-order valence-electron chi connectivity index (χ2n) is 32.3. The summed E-state index contributed by atoms with van der Waals surface area (Å²) < 4.78 is 5.14. The van der Waals surface area contributed by atoms with Crippen LogP contribution in [0.2, 0.25) is 0 Å². The van der Waals surface area contributed by atoms with Gasteiger partial charge in [-0.2, -0.15) is 0 Å². The van der Waals surface area contributed by atoms with Crippen molar-refractivity contribution in [1.29, 1.82) is 0 Å². The SMILES string of the molecule is CC(C)(C)c1cc2c3c(c1)N(c1c(-c4ccccc4)cc(-c4ccccc4)cc1-c1ccccc1)c1cc(-n4c5cc6ccccc6cc5c5c6ccccc6ccc54)ccc1B3c1ccc(-n3c4cc5ccccc5cc4c4c5ccccc5ccc43)cc1N2c1c(-c2ccccc2)cc(-c2ccccc2)cc1-c1ccccc1. The van der Waals surface area contributed by atoms with E-state index in [2.05, 4.69) is 440 Å². The summed E-state index contributed by atoms with van der Waals surface area (Å²) in [7, 11) is 0. The summed E-state index contributed by atoms with van der Waals surface area (Å²) in [5, 5.41) is 14.7. The number of benzene rings is 19. The summed E-state index contributed by atoms with van der Waals surface area (Å²) >= 11 is 0. The Morgan fingerprint density at radius 1 is 0.226 bits per heavy atom. The van der Waals surface area contributed by atoms with E-state index in [1.165, 1.54) is 86.6 Å². The van der Waals surface area contributed by atoms with Crippen LogP contribution in [-0.4, -0.2) is 15.8 Å². The smallest absolute Gasteiger partial charge is 0.252 e. The van der Waals surface area contributed by atoms with E-state index in [9.17, 15) is 0 Å². The van der Waals surface area contributed by atoms with Crippen LogP contribution < -0.4 is 26.2 Å². The van der Waals surface area contributed by atoms with Crippen molar-refractivity contribution < 1.29 is 0 Å².